The fourth-order valence-electron chi connectivity index (χ4n) is 2.08. The highest BCUT2D eigenvalue weighted by Crippen LogP contribution is 2.19. The minimum Gasteiger partial charge on any atom is -0.370 e. The highest BCUT2D eigenvalue weighted by Gasteiger charge is 2.18. The molecule has 4 heteroatoms. The Morgan fingerprint density at radius 3 is 3.24 bits per heavy atom. The minimum atomic E-state index is 0.685. The number of nitrogens with one attached hydrogen (secondary N) is 1. The van der Waals surface area contributed by atoms with Crippen molar-refractivity contribution in [2.24, 2.45) is 0 Å². The number of anilines is 1. The van der Waals surface area contributed by atoms with Crippen LogP contribution < -0.4 is 5.32 Å². The predicted octanol–water partition coefficient (Wildman–Crippen LogP) is 2.45. The lowest BCUT2D eigenvalue weighted by Gasteiger charge is -2.32. The molecule has 1 aromatic heterocycles. The van der Waals surface area contributed by atoms with E-state index >= 15 is 0 Å². The number of thioether (sulfide) groups is 1. The molecule has 0 radical (unpaired) electrons. The quantitative estimate of drug-likeness (QED) is 0.890. The molecule has 1 aromatic rings. The number of nitrogens with zero attached hydrogens (tertiary/aromatic N) is 2. The first kappa shape index (κ1) is 12.7. The molecule has 1 fully saturated rings. The fourth-order valence-corrected chi connectivity index (χ4v) is 3.16. The molecule has 0 aliphatic carbocycles. The lowest BCUT2D eigenvalue weighted by Crippen LogP contribution is -2.39. The Labute approximate surface area is 108 Å². The number of hydrogen-bond acceptors (Lipinski definition) is 4. The molecule has 0 spiro atoms. The van der Waals surface area contributed by atoms with Gasteiger partial charge in [-0.1, -0.05) is 0 Å². The second kappa shape index (κ2) is 6.26. The third-order valence-corrected chi connectivity index (χ3v) is 4.26. The summed E-state index contributed by atoms with van der Waals surface area (Å²) in [5, 5.41) is 3.26. The smallest absolute Gasteiger partial charge is 0.126 e. The Bertz CT molecular complexity index is 356. The van der Waals surface area contributed by atoms with Crippen molar-refractivity contribution in [3.63, 3.8) is 0 Å². The molecule has 1 atom stereocenters. The van der Waals surface area contributed by atoms with Crippen molar-refractivity contribution < 1.29 is 0 Å². The highest BCUT2D eigenvalue weighted by molar-refractivity contribution is 7.99. The summed E-state index contributed by atoms with van der Waals surface area (Å²) in [6, 6.07) is 4.97. The molecule has 1 saturated heterocycles. The van der Waals surface area contributed by atoms with Crippen molar-refractivity contribution in [2.45, 2.75) is 26.4 Å². The zero-order valence-electron chi connectivity index (χ0n) is 10.6. The Hall–Kier alpha value is -0.740. The zero-order valence-corrected chi connectivity index (χ0v) is 11.5. The number of hydrogen-bond donors (Lipinski definition) is 1. The molecule has 2 rings (SSSR count). The van der Waals surface area contributed by atoms with Crippen molar-refractivity contribution in [1.29, 1.82) is 0 Å². The van der Waals surface area contributed by atoms with Gasteiger partial charge in [0.2, 0.25) is 0 Å². The first-order valence-corrected chi connectivity index (χ1v) is 7.45. The predicted molar refractivity (Wildman–Crippen MR) is 75.6 cm³/mol. The topological polar surface area (TPSA) is 28.2 Å². The molecule has 3 nitrogen and oxygen atoms in total. The maximum atomic E-state index is 4.31. The molecule has 1 N–H and O–H groups in total. The summed E-state index contributed by atoms with van der Waals surface area (Å²) in [6.07, 6.45) is 1.90. The van der Waals surface area contributed by atoms with E-state index in [0.29, 0.717) is 6.04 Å². The molecular formula is C13H21N3S. The molecule has 1 aliphatic heterocycles. The number of rotatable bonds is 4. The van der Waals surface area contributed by atoms with Crippen molar-refractivity contribution in [2.75, 3.05) is 29.9 Å². The molecule has 0 saturated carbocycles. The Morgan fingerprint density at radius 2 is 2.47 bits per heavy atom. The molecule has 17 heavy (non-hydrogen) atoms. The van der Waals surface area contributed by atoms with Gasteiger partial charge in [0.1, 0.15) is 5.82 Å². The van der Waals surface area contributed by atoms with Crippen LogP contribution in [0.4, 0.5) is 5.82 Å². The van der Waals surface area contributed by atoms with E-state index < -0.39 is 0 Å². The van der Waals surface area contributed by atoms with Crippen molar-refractivity contribution in [1.82, 2.24) is 9.88 Å². The first-order chi connectivity index (χ1) is 8.29. The molecule has 0 bridgehead atoms. The van der Waals surface area contributed by atoms with E-state index in [9.17, 15) is 0 Å². The van der Waals surface area contributed by atoms with Crippen LogP contribution in [0.25, 0.3) is 0 Å². The summed E-state index contributed by atoms with van der Waals surface area (Å²) in [6.45, 7) is 7.58. The largest absolute Gasteiger partial charge is 0.370 e. The molecule has 0 aromatic carbocycles. The van der Waals surface area contributed by atoms with Gasteiger partial charge in [-0.25, -0.2) is 4.98 Å². The Balaban J connectivity index is 1.99. The van der Waals surface area contributed by atoms with Gasteiger partial charge in [-0.2, -0.15) is 11.8 Å². The van der Waals surface area contributed by atoms with E-state index in [4.69, 9.17) is 0 Å². The van der Waals surface area contributed by atoms with E-state index in [-0.39, 0.29) is 0 Å². The van der Waals surface area contributed by atoms with Crippen LogP contribution in [0.5, 0.6) is 0 Å². The van der Waals surface area contributed by atoms with E-state index in [1.54, 1.807) is 0 Å². The van der Waals surface area contributed by atoms with Crippen LogP contribution in [0.1, 0.15) is 19.4 Å². The van der Waals surface area contributed by atoms with Crippen molar-refractivity contribution in [3.05, 3.63) is 23.9 Å². The summed E-state index contributed by atoms with van der Waals surface area (Å²) in [4.78, 5) is 6.86. The van der Waals surface area contributed by atoms with Crippen LogP contribution in [0.2, 0.25) is 0 Å². The van der Waals surface area contributed by atoms with Gasteiger partial charge in [0.15, 0.2) is 0 Å². The van der Waals surface area contributed by atoms with Crippen LogP contribution in [-0.2, 0) is 6.54 Å². The average Bonchev–Trinajstić information content (AvgIpc) is 2.33. The Morgan fingerprint density at radius 1 is 1.59 bits per heavy atom. The second-order valence-electron chi connectivity index (χ2n) is 4.47. The van der Waals surface area contributed by atoms with E-state index in [1.165, 1.54) is 23.6 Å². The molecule has 2 heterocycles. The van der Waals surface area contributed by atoms with Gasteiger partial charge in [0.25, 0.3) is 0 Å². The molecular weight excluding hydrogens is 230 g/mol. The van der Waals surface area contributed by atoms with Gasteiger partial charge in [-0.3, -0.25) is 4.90 Å². The van der Waals surface area contributed by atoms with Crippen LogP contribution in [0, 0.1) is 0 Å². The fraction of sp³-hybridized carbons (Fsp3) is 0.615. The van der Waals surface area contributed by atoms with E-state index in [1.807, 2.05) is 6.20 Å². The summed E-state index contributed by atoms with van der Waals surface area (Å²) in [5.74, 6) is 3.50. The van der Waals surface area contributed by atoms with Crippen molar-refractivity contribution in [3.8, 4) is 0 Å². The summed E-state index contributed by atoms with van der Waals surface area (Å²) in [5.41, 5.74) is 1.36. The Kier molecular flexibility index (Phi) is 4.68. The van der Waals surface area contributed by atoms with Gasteiger partial charge < -0.3 is 5.32 Å². The summed E-state index contributed by atoms with van der Waals surface area (Å²) >= 11 is 2.06. The van der Waals surface area contributed by atoms with Gasteiger partial charge >= 0.3 is 0 Å². The lowest BCUT2D eigenvalue weighted by molar-refractivity contribution is 0.224. The lowest BCUT2D eigenvalue weighted by atomic mass is 10.2. The summed E-state index contributed by atoms with van der Waals surface area (Å²) < 4.78 is 0. The molecule has 94 valence electrons. The third-order valence-electron chi connectivity index (χ3n) is 3.07. The highest BCUT2D eigenvalue weighted by atomic mass is 32.2. The normalized spacial score (nSPS) is 21.4. The van der Waals surface area contributed by atoms with Gasteiger partial charge in [-0.05, 0) is 31.5 Å². The maximum Gasteiger partial charge on any atom is 0.126 e. The monoisotopic (exact) mass is 251 g/mol. The zero-order chi connectivity index (χ0) is 12.1. The minimum absolute atomic E-state index is 0.685. The van der Waals surface area contributed by atoms with Gasteiger partial charge in [0, 0.05) is 43.4 Å². The van der Waals surface area contributed by atoms with Crippen LogP contribution in [0.3, 0.4) is 0 Å². The second-order valence-corrected chi connectivity index (χ2v) is 5.62. The number of pyridine rings is 1. The SMILES string of the molecule is CCNc1cc(CN2CCSCC2C)ccn1. The number of aromatic nitrogens is 1. The molecule has 0 amide bonds. The maximum absolute atomic E-state index is 4.31. The molecule has 1 unspecified atom stereocenters. The van der Waals surface area contributed by atoms with Crippen LogP contribution in [-0.4, -0.2) is 40.5 Å². The van der Waals surface area contributed by atoms with Crippen LogP contribution >= 0.6 is 11.8 Å². The average molecular weight is 251 g/mol. The first-order valence-electron chi connectivity index (χ1n) is 6.30. The van der Waals surface area contributed by atoms with E-state index in [0.717, 1.165) is 18.9 Å². The summed E-state index contributed by atoms with van der Waals surface area (Å²) in [7, 11) is 0. The van der Waals surface area contributed by atoms with Crippen LogP contribution in [0.15, 0.2) is 18.3 Å². The van der Waals surface area contributed by atoms with Gasteiger partial charge in [0.05, 0.1) is 0 Å². The standard InChI is InChI=1S/C13H21N3S/c1-3-14-13-8-12(4-5-15-13)9-16-6-7-17-10-11(16)2/h4-5,8,11H,3,6-7,9-10H2,1-2H3,(H,14,15). The van der Waals surface area contributed by atoms with E-state index in [2.05, 4.69) is 52.9 Å². The van der Waals surface area contributed by atoms with Crippen molar-refractivity contribution >= 4 is 17.6 Å². The molecule has 1 aliphatic rings. The third kappa shape index (κ3) is 3.61. The van der Waals surface area contributed by atoms with Gasteiger partial charge in [-0.15, -0.1) is 0 Å².